The van der Waals surface area contributed by atoms with E-state index in [0.29, 0.717) is 35.5 Å². The van der Waals surface area contributed by atoms with Gasteiger partial charge in [0.1, 0.15) is 29.4 Å². The fourth-order valence-electron chi connectivity index (χ4n) is 5.44. The number of nitrogens with one attached hydrogen (secondary N) is 2. The highest BCUT2D eigenvalue weighted by Gasteiger charge is 2.25. The van der Waals surface area contributed by atoms with Crippen LogP contribution in [0.4, 0.5) is 14.6 Å². The fourth-order valence-corrected chi connectivity index (χ4v) is 5.44. The van der Waals surface area contributed by atoms with Crippen LogP contribution in [0.1, 0.15) is 54.7 Å². The van der Waals surface area contributed by atoms with Gasteiger partial charge in [-0.05, 0) is 79.5 Å². The van der Waals surface area contributed by atoms with E-state index in [-0.39, 0.29) is 12.3 Å². The zero-order chi connectivity index (χ0) is 31.1. The number of oxazole rings is 1. The van der Waals surface area contributed by atoms with Crippen molar-refractivity contribution in [2.75, 3.05) is 18.0 Å². The number of aryl methyl sites for hydroxylation is 1. The van der Waals surface area contributed by atoms with Gasteiger partial charge in [0, 0.05) is 35.9 Å². The summed E-state index contributed by atoms with van der Waals surface area (Å²) < 4.78 is 33.7. The molecule has 0 aliphatic rings. The van der Waals surface area contributed by atoms with Crippen LogP contribution < -0.4 is 10.2 Å². The summed E-state index contributed by atoms with van der Waals surface area (Å²) in [6.45, 7) is 5.64. The summed E-state index contributed by atoms with van der Waals surface area (Å²) in [6.07, 6.45) is 4.56. The van der Waals surface area contributed by atoms with E-state index < -0.39 is 29.7 Å². The topological polar surface area (TPSA) is 107 Å². The number of pyridine rings is 1. The minimum absolute atomic E-state index is 0.0244. The first kappa shape index (κ1) is 30.9. The monoisotopic (exact) mass is 601 g/mol. The third-order valence-electron chi connectivity index (χ3n) is 7.49. The SMILES string of the molecule is CCCN(CCC)c1cc(C(=O)NC(Cc2cc(F)cc(F)c2)C(O)CCc2cc3ccccc3[nH]2)cc(-c2ncco2)n1. The number of carbonyl (C=O) groups is 1. The van der Waals surface area contributed by atoms with Gasteiger partial charge in [-0.2, -0.15) is 0 Å². The summed E-state index contributed by atoms with van der Waals surface area (Å²) in [7, 11) is 0. The van der Waals surface area contributed by atoms with Crippen molar-refractivity contribution >= 4 is 22.6 Å². The molecule has 230 valence electrons. The summed E-state index contributed by atoms with van der Waals surface area (Å²) in [5.74, 6) is -1.02. The third kappa shape index (κ3) is 7.68. The lowest BCUT2D eigenvalue weighted by Gasteiger charge is -2.26. The summed E-state index contributed by atoms with van der Waals surface area (Å²) >= 11 is 0. The van der Waals surface area contributed by atoms with E-state index in [4.69, 9.17) is 9.40 Å². The molecule has 3 aromatic heterocycles. The highest BCUT2D eigenvalue weighted by molar-refractivity contribution is 5.96. The maximum absolute atomic E-state index is 14.1. The number of anilines is 1. The number of benzene rings is 2. The number of aliphatic hydroxyl groups is 1. The molecule has 0 saturated heterocycles. The Labute approximate surface area is 255 Å². The normalized spacial score (nSPS) is 12.8. The van der Waals surface area contributed by atoms with Crippen molar-refractivity contribution in [3.8, 4) is 11.6 Å². The molecule has 10 heteroatoms. The molecule has 0 radical (unpaired) electrons. The van der Waals surface area contributed by atoms with Crippen LogP contribution in [0.25, 0.3) is 22.5 Å². The molecule has 5 rings (SSSR count). The van der Waals surface area contributed by atoms with Gasteiger partial charge < -0.3 is 24.7 Å². The van der Waals surface area contributed by atoms with Crippen molar-refractivity contribution in [2.24, 2.45) is 0 Å². The fraction of sp³-hybridized carbons (Fsp3) is 0.324. The number of carbonyl (C=O) groups excluding carboxylic acids is 1. The van der Waals surface area contributed by atoms with E-state index in [2.05, 4.69) is 34.0 Å². The van der Waals surface area contributed by atoms with Crippen LogP contribution >= 0.6 is 0 Å². The first-order chi connectivity index (χ1) is 21.3. The maximum Gasteiger partial charge on any atom is 0.251 e. The number of aromatic nitrogens is 3. The van der Waals surface area contributed by atoms with Crippen molar-refractivity contribution in [1.29, 1.82) is 0 Å². The zero-order valence-electron chi connectivity index (χ0n) is 24.9. The average molecular weight is 602 g/mol. The number of H-pyrrole nitrogens is 1. The molecule has 0 spiro atoms. The molecular weight excluding hydrogens is 564 g/mol. The van der Waals surface area contributed by atoms with Crippen molar-refractivity contribution in [3.05, 3.63) is 102 Å². The van der Waals surface area contributed by atoms with Gasteiger partial charge in [-0.3, -0.25) is 4.79 Å². The molecule has 0 bridgehead atoms. The standard InChI is InChI=1S/C34H37F2N5O3/c1-3-12-41(13-4-2)32-20-24(19-30(39-32)34-37-11-14-44-34)33(43)40-29(17-22-15-25(35)21-26(36)16-22)31(42)10-9-27-18-23-7-5-6-8-28(23)38-27/h5-8,11,14-16,18-21,29,31,38,42H,3-4,9-10,12-13,17H2,1-2H3,(H,40,43). The molecule has 8 nitrogen and oxygen atoms in total. The van der Waals surface area contributed by atoms with Crippen LogP contribution in [-0.2, 0) is 12.8 Å². The predicted octanol–water partition coefficient (Wildman–Crippen LogP) is 6.46. The number of nitrogens with zero attached hydrogens (tertiary/aromatic N) is 3. The molecular formula is C34H37F2N5O3. The van der Waals surface area contributed by atoms with Gasteiger partial charge in [-0.25, -0.2) is 18.7 Å². The number of para-hydroxylation sites is 1. The van der Waals surface area contributed by atoms with Crippen LogP contribution in [0.3, 0.4) is 0 Å². The van der Waals surface area contributed by atoms with Gasteiger partial charge in [0.25, 0.3) is 5.91 Å². The lowest BCUT2D eigenvalue weighted by Crippen LogP contribution is -2.45. The third-order valence-corrected chi connectivity index (χ3v) is 7.49. The first-order valence-corrected chi connectivity index (χ1v) is 15.0. The molecule has 0 aliphatic heterocycles. The van der Waals surface area contributed by atoms with Crippen molar-refractivity contribution < 1.29 is 23.1 Å². The molecule has 2 atom stereocenters. The number of fused-ring (bicyclic) bond motifs is 1. The largest absolute Gasteiger partial charge is 0.443 e. The van der Waals surface area contributed by atoms with E-state index in [1.807, 2.05) is 30.3 Å². The Morgan fingerprint density at radius 2 is 1.80 bits per heavy atom. The van der Waals surface area contributed by atoms with Crippen LogP contribution in [0.2, 0.25) is 0 Å². The van der Waals surface area contributed by atoms with Gasteiger partial charge in [0.15, 0.2) is 0 Å². The van der Waals surface area contributed by atoms with Crippen LogP contribution in [0, 0.1) is 11.6 Å². The van der Waals surface area contributed by atoms with Crippen LogP contribution in [0.15, 0.2) is 77.5 Å². The Balaban J connectivity index is 1.42. The average Bonchev–Trinajstić information content (AvgIpc) is 3.69. The van der Waals surface area contributed by atoms with E-state index in [9.17, 15) is 18.7 Å². The second-order valence-corrected chi connectivity index (χ2v) is 11.0. The Morgan fingerprint density at radius 1 is 1.05 bits per heavy atom. The van der Waals surface area contributed by atoms with Crippen molar-refractivity contribution in [3.63, 3.8) is 0 Å². The summed E-state index contributed by atoms with van der Waals surface area (Å²) in [5.41, 5.74) is 2.96. The van der Waals surface area contributed by atoms with E-state index in [0.717, 1.165) is 48.6 Å². The van der Waals surface area contributed by atoms with E-state index in [1.54, 1.807) is 12.1 Å². The Hall–Kier alpha value is -4.57. The molecule has 44 heavy (non-hydrogen) atoms. The number of rotatable bonds is 14. The lowest BCUT2D eigenvalue weighted by atomic mass is 9.97. The second-order valence-electron chi connectivity index (χ2n) is 11.0. The van der Waals surface area contributed by atoms with Gasteiger partial charge in [-0.15, -0.1) is 0 Å². The van der Waals surface area contributed by atoms with Gasteiger partial charge in [0.05, 0.1) is 18.3 Å². The number of aromatic amines is 1. The molecule has 0 fully saturated rings. The second kappa shape index (κ2) is 14.3. The molecule has 3 heterocycles. The minimum atomic E-state index is -1.01. The van der Waals surface area contributed by atoms with Crippen LogP contribution in [-0.4, -0.2) is 51.2 Å². The van der Waals surface area contributed by atoms with E-state index >= 15 is 0 Å². The van der Waals surface area contributed by atoms with Gasteiger partial charge in [-0.1, -0.05) is 32.0 Å². The van der Waals surface area contributed by atoms with Crippen LogP contribution in [0.5, 0.6) is 0 Å². The molecule has 5 aromatic rings. The lowest BCUT2D eigenvalue weighted by molar-refractivity contribution is 0.0814. The van der Waals surface area contributed by atoms with Crippen molar-refractivity contribution in [2.45, 2.75) is 58.1 Å². The summed E-state index contributed by atoms with van der Waals surface area (Å²) in [6, 6.07) is 15.6. The molecule has 0 aliphatic carbocycles. The molecule has 2 aromatic carbocycles. The Kier molecular flexibility index (Phi) is 10.0. The number of amides is 1. The summed E-state index contributed by atoms with van der Waals surface area (Å²) in [4.78, 5) is 28.2. The molecule has 1 amide bonds. The van der Waals surface area contributed by atoms with E-state index in [1.165, 1.54) is 24.6 Å². The predicted molar refractivity (Wildman–Crippen MR) is 166 cm³/mol. The Bertz CT molecular complexity index is 1630. The first-order valence-electron chi connectivity index (χ1n) is 15.0. The maximum atomic E-state index is 14.1. The minimum Gasteiger partial charge on any atom is -0.443 e. The highest BCUT2D eigenvalue weighted by atomic mass is 19.1. The number of hydrogen-bond donors (Lipinski definition) is 3. The number of hydrogen-bond acceptors (Lipinski definition) is 6. The zero-order valence-corrected chi connectivity index (χ0v) is 24.9. The summed E-state index contributed by atoms with van der Waals surface area (Å²) in [5, 5.41) is 15.4. The smallest absolute Gasteiger partial charge is 0.251 e. The number of aliphatic hydroxyl groups excluding tert-OH is 1. The molecule has 2 unspecified atom stereocenters. The quantitative estimate of drug-likeness (QED) is 0.135. The molecule has 3 N–H and O–H groups in total. The highest BCUT2D eigenvalue weighted by Crippen LogP contribution is 2.24. The van der Waals surface area contributed by atoms with Gasteiger partial charge in [0.2, 0.25) is 5.89 Å². The Morgan fingerprint density at radius 3 is 2.48 bits per heavy atom. The molecule has 0 saturated carbocycles. The number of halogens is 2. The van der Waals surface area contributed by atoms with Gasteiger partial charge >= 0.3 is 0 Å². The van der Waals surface area contributed by atoms with Crippen molar-refractivity contribution in [1.82, 2.24) is 20.3 Å².